The minimum absolute atomic E-state index is 0.200. The summed E-state index contributed by atoms with van der Waals surface area (Å²) in [7, 11) is 0. The lowest BCUT2D eigenvalue weighted by molar-refractivity contribution is -0.110. The quantitative estimate of drug-likeness (QED) is 0.201. The monoisotopic (exact) mass is 274 g/mol. The Morgan fingerprint density at radius 1 is 1.20 bits per heavy atom. The molecule has 0 aromatic heterocycles. The third-order valence-corrected chi connectivity index (χ3v) is 3.18. The Balaban J connectivity index is 3.84. The van der Waals surface area contributed by atoms with Crippen molar-refractivity contribution in [2.45, 2.75) is 59.3 Å². The lowest BCUT2D eigenvalue weighted by atomic mass is 9.99. The van der Waals surface area contributed by atoms with Crippen molar-refractivity contribution in [2.75, 3.05) is 0 Å². The molecule has 0 spiro atoms. The van der Waals surface area contributed by atoms with E-state index in [0.29, 0.717) is 0 Å². The van der Waals surface area contributed by atoms with Gasteiger partial charge in [-0.3, -0.25) is 0 Å². The number of carbonyl (C=O) groups is 1. The lowest BCUT2D eigenvalue weighted by Crippen LogP contribution is -1.95. The second-order valence-electron chi connectivity index (χ2n) is 5.52. The molecule has 0 radical (unpaired) electrons. The van der Waals surface area contributed by atoms with E-state index in [9.17, 15) is 4.79 Å². The minimum atomic E-state index is 0.200. The number of aldehydes is 1. The number of hydrogen-bond acceptors (Lipinski definition) is 1. The van der Waals surface area contributed by atoms with Gasteiger partial charge in [-0.05, 0) is 39.0 Å². The van der Waals surface area contributed by atoms with Crippen LogP contribution < -0.4 is 0 Å². The number of carbonyl (C=O) groups excluding carboxylic acids is 1. The molecule has 0 unspecified atom stereocenters. The molecule has 0 bridgehead atoms. The standard InChI is InChI=1S/C19H30O/c1-5-6-7-8-9-12-17(2)15-18(3)13-10-11-14-19(4)16-20/h6-9,12,16,19H,3,5,10-11,13-15H2,1-2,4H3/b7-6-,9-8-,17-12+/t19-/m0/s1. The van der Waals surface area contributed by atoms with Gasteiger partial charge in [0.2, 0.25) is 0 Å². The number of allylic oxidation sites excluding steroid dienone is 7. The number of unbranched alkanes of at least 4 members (excludes halogenated alkanes) is 1. The summed E-state index contributed by atoms with van der Waals surface area (Å²) in [5.74, 6) is 0.200. The second kappa shape index (κ2) is 12.7. The maximum atomic E-state index is 10.5. The molecule has 112 valence electrons. The molecule has 1 heteroatoms. The molecule has 0 aliphatic rings. The minimum Gasteiger partial charge on any atom is -0.303 e. The summed E-state index contributed by atoms with van der Waals surface area (Å²) in [6.45, 7) is 10.4. The van der Waals surface area contributed by atoms with Crippen LogP contribution in [0.25, 0.3) is 0 Å². The van der Waals surface area contributed by atoms with E-state index >= 15 is 0 Å². The van der Waals surface area contributed by atoms with Crippen LogP contribution in [-0.4, -0.2) is 6.29 Å². The van der Waals surface area contributed by atoms with Crippen LogP contribution in [0.1, 0.15) is 59.3 Å². The molecule has 0 saturated heterocycles. The van der Waals surface area contributed by atoms with E-state index in [1.807, 2.05) is 6.92 Å². The number of rotatable bonds is 11. The van der Waals surface area contributed by atoms with Crippen molar-refractivity contribution in [1.82, 2.24) is 0 Å². The fourth-order valence-corrected chi connectivity index (χ4v) is 1.95. The molecular weight excluding hydrogens is 244 g/mol. The summed E-state index contributed by atoms with van der Waals surface area (Å²) in [6.07, 6.45) is 17.9. The van der Waals surface area contributed by atoms with E-state index in [0.717, 1.165) is 44.8 Å². The normalized spacial score (nSPS) is 14.1. The SMILES string of the molecule is C=C(CCCC[C@H](C)C=O)C/C(C)=C/C=C\C=C/CC. The average Bonchev–Trinajstić information content (AvgIpc) is 2.43. The van der Waals surface area contributed by atoms with E-state index in [-0.39, 0.29) is 5.92 Å². The Labute approximate surface area is 125 Å². The van der Waals surface area contributed by atoms with Gasteiger partial charge < -0.3 is 4.79 Å². The molecule has 0 rings (SSSR count). The largest absolute Gasteiger partial charge is 0.303 e. The van der Waals surface area contributed by atoms with Gasteiger partial charge in [0.05, 0.1) is 0 Å². The second-order valence-corrected chi connectivity index (χ2v) is 5.52. The van der Waals surface area contributed by atoms with E-state index < -0.39 is 0 Å². The molecule has 0 heterocycles. The van der Waals surface area contributed by atoms with Gasteiger partial charge in [-0.2, -0.15) is 0 Å². The fraction of sp³-hybridized carbons (Fsp3) is 0.526. The summed E-state index contributed by atoms with van der Waals surface area (Å²) < 4.78 is 0. The van der Waals surface area contributed by atoms with E-state index in [4.69, 9.17) is 0 Å². The van der Waals surface area contributed by atoms with E-state index in [1.165, 1.54) is 11.1 Å². The van der Waals surface area contributed by atoms with Gasteiger partial charge in [0.25, 0.3) is 0 Å². The van der Waals surface area contributed by atoms with Crippen molar-refractivity contribution < 1.29 is 4.79 Å². The van der Waals surface area contributed by atoms with Gasteiger partial charge >= 0.3 is 0 Å². The first-order chi connectivity index (χ1) is 9.60. The van der Waals surface area contributed by atoms with Crippen LogP contribution in [0.2, 0.25) is 0 Å². The average molecular weight is 274 g/mol. The molecule has 0 aliphatic carbocycles. The van der Waals surface area contributed by atoms with Crippen molar-refractivity contribution in [2.24, 2.45) is 5.92 Å². The zero-order valence-electron chi connectivity index (χ0n) is 13.4. The molecule has 0 saturated carbocycles. The third kappa shape index (κ3) is 11.7. The zero-order chi connectivity index (χ0) is 15.2. The summed E-state index contributed by atoms with van der Waals surface area (Å²) >= 11 is 0. The molecule has 0 aromatic rings. The van der Waals surface area contributed by atoms with Gasteiger partial charge in [-0.25, -0.2) is 0 Å². The summed E-state index contributed by atoms with van der Waals surface area (Å²) in [5.41, 5.74) is 2.63. The maximum absolute atomic E-state index is 10.5. The highest BCUT2D eigenvalue weighted by atomic mass is 16.1. The first-order valence-electron chi connectivity index (χ1n) is 7.71. The Morgan fingerprint density at radius 2 is 1.95 bits per heavy atom. The number of hydrogen-bond donors (Lipinski definition) is 0. The summed E-state index contributed by atoms with van der Waals surface area (Å²) in [5, 5.41) is 0. The lowest BCUT2D eigenvalue weighted by Gasteiger charge is -2.07. The van der Waals surface area contributed by atoms with Crippen LogP contribution in [0.5, 0.6) is 0 Å². The van der Waals surface area contributed by atoms with Crippen molar-refractivity contribution in [3.05, 3.63) is 48.1 Å². The Kier molecular flexibility index (Phi) is 11.8. The van der Waals surface area contributed by atoms with Crippen molar-refractivity contribution >= 4 is 6.29 Å². The van der Waals surface area contributed by atoms with Crippen LogP contribution in [0.3, 0.4) is 0 Å². The molecule has 0 aliphatic heterocycles. The molecular formula is C19H30O. The van der Waals surface area contributed by atoms with Gasteiger partial charge in [0.15, 0.2) is 0 Å². The first kappa shape index (κ1) is 18.6. The topological polar surface area (TPSA) is 17.1 Å². The third-order valence-electron chi connectivity index (χ3n) is 3.18. The van der Waals surface area contributed by atoms with Crippen LogP contribution in [0, 0.1) is 5.92 Å². The first-order valence-corrected chi connectivity index (χ1v) is 7.71. The molecule has 0 aromatic carbocycles. The van der Waals surface area contributed by atoms with E-state index in [1.54, 1.807) is 0 Å². The van der Waals surface area contributed by atoms with Crippen LogP contribution in [0.15, 0.2) is 48.1 Å². The van der Waals surface area contributed by atoms with Gasteiger partial charge in [0, 0.05) is 5.92 Å². The van der Waals surface area contributed by atoms with Crippen molar-refractivity contribution in [1.29, 1.82) is 0 Å². The predicted molar refractivity (Wildman–Crippen MR) is 89.8 cm³/mol. The molecule has 1 atom stereocenters. The summed E-state index contributed by atoms with van der Waals surface area (Å²) in [6, 6.07) is 0. The molecule has 20 heavy (non-hydrogen) atoms. The fourth-order valence-electron chi connectivity index (χ4n) is 1.95. The van der Waals surface area contributed by atoms with Crippen LogP contribution >= 0.6 is 0 Å². The van der Waals surface area contributed by atoms with E-state index in [2.05, 4.69) is 50.8 Å². The van der Waals surface area contributed by atoms with Crippen molar-refractivity contribution in [3.63, 3.8) is 0 Å². The van der Waals surface area contributed by atoms with Gasteiger partial charge in [-0.15, -0.1) is 0 Å². The van der Waals surface area contributed by atoms with Crippen LogP contribution in [0.4, 0.5) is 0 Å². The highest BCUT2D eigenvalue weighted by Crippen LogP contribution is 2.17. The smallest absolute Gasteiger partial charge is 0.122 e. The van der Waals surface area contributed by atoms with Crippen LogP contribution in [-0.2, 0) is 4.79 Å². The zero-order valence-corrected chi connectivity index (χ0v) is 13.4. The van der Waals surface area contributed by atoms with Crippen molar-refractivity contribution in [3.8, 4) is 0 Å². The molecule has 0 amide bonds. The van der Waals surface area contributed by atoms with Gasteiger partial charge in [0.1, 0.15) is 6.29 Å². The Hall–Kier alpha value is -1.37. The Bertz CT molecular complexity index is 358. The molecule has 0 fully saturated rings. The molecule has 0 N–H and O–H groups in total. The summed E-state index contributed by atoms with van der Waals surface area (Å²) in [4.78, 5) is 10.5. The highest BCUT2D eigenvalue weighted by Gasteiger charge is 2.00. The predicted octanol–water partition coefficient (Wildman–Crippen LogP) is 5.80. The Morgan fingerprint density at radius 3 is 2.60 bits per heavy atom. The highest BCUT2D eigenvalue weighted by molar-refractivity contribution is 5.52. The maximum Gasteiger partial charge on any atom is 0.122 e. The molecule has 1 nitrogen and oxygen atoms in total. The van der Waals surface area contributed by atoms with Gasteiger partial charge in [-0.1, -0.05) is 68.4 Å².